The first kappa shape index (κ1) is 12.1. The van der Waals surface area contributed by atoms with E-state index in [1.807, 2.05) is 5.38 Å². The molecule has 1 aromatic rings. The van der Waals surface area contributed by atoms with Gasteiger partial charge in [-0.15, -0.1) is 11.3 Å². The summed E-state index contributed by atoms with van der Waals surface area (Å²) in [5.74, 6) is -0.154. The predicted molar refractivity (Wildman–Crippen MR) is 59.8 cm³/mol. The van der Waals surface area contributed by atoms with Crippen molar-refractivity contribution in [3.63, 3.8) is 0 Å². The number of hydrogen-bond donors (Lipinski definition) is 1. The highest BCUT2D eigenvalue weighted by Gasteiger charge is 2.06. The lowest BCUT2D eigenvalue weighted by molar-refractivity contribution is -0.140. The van der Waals surface area contributed by atoms with Crippen LogP contribution in [0.25, 0.3) is 0 Å². The summed E-state index contributed by atoms with van der Waals surface area (Å²) in [6, 6.07) is 0.252. The first-order chi connectivity index (χ1) is 7.24. The Morgan fingerprint density at radius 1 is 1.73 bits per heavy atom. The molecular formula is C10H16N2O2S. The Morgan fingerprint density at radius 3 is 3.13 bits per heavy atom. The Labute approximate surface area is 93.7 Å². The summed E-state index contributed by atoms with van der Waals surface area (Å²) in [4.78, 5) is 15.0. The minimum Gasteiger partial charge on any atom is -0.469 e. The third-order valence-corrected chi connectivity index (χ3v) is 3.02. The number of methoxy groups -OCH3 is 1. The van der Waals surface area contributed by atoms with Crippen molar-refractivity contribution in [2.45, 2.75) is 25.8 Å². The zero-order valence-corrected chi connectivity index (χ0v) is 9.84. The van der Waals surface area contributed by atoms with Crippen LogP contribution in [-0.4, -0.2) is 24.6 Å². The van der Waals surface area contributed by atoms with Crippen molar-refractivity contribution in [2.24, 2.45) is 0 Å². The molecule has 0 aliphatic rings. The summed E-state index contributed by atoms with van der Waals surface area (Å²) in [6.45, 7) is 2.87. The van der Waals surface area contributed by atoms with Gasteiger partial charge in [0.15, 0.2) is 0 Å². The molecule has 0 aliphatic carbocycles. The fourth-order valence-electron chi connectivity index (χ4n) is 1.19. The van der Waals surface area contributed by atoms with E-state index in [9.17, 15) is 4.79 Å². The summed E-state index contributed by atoms with van der Waals surface area (Å²) >= 11 is 1.63. The summed E-state index contributed by atoms with van der Waals surface area (Å²) in [7, 11) is 1.41. The molecule has 1 aromatic heterocycles. The number of aromatic nitrogens is 1. The lowest BCUT2D eigenvalue weighted by Gasteiger charge is -2.10. The number of nitrogens with one attached hydrogen (secondary N) is 1. The molecule has 0 radical (unpaired) electrons. The molecule has 0 saturated carbocycles. The molecule has 5 heteroatoms. The Bertz CT molecular complexity index is 288. The highest BCUT2D eigenvalue weighted by molar-refractivity contribution is 7.09. The lowest BCUT2D eigenvalue weighted by Crippen LogP contribution is -2.20. The molecule has 0 spiro atoms. The highest BCUT2D eigenvalue weighted by atomic mass is 32.1. The fourth-order valence-corrected chi connectivity index (χ4v) is 1.86. The first-order valence-electron chi connectivity index (χ1n) is 4.93. The van der Waals surface area contributed by atoms with Crippen molar-refractivity contribution in [2.75, 3.05) is 13.7 Å². The molecule has 0 saturated heterocycles. The largest absolute Gasteiger partial charge is 0.469 e. The number of esters is 1. The number of carbonyl (C=O) groups is 1. The molecular weight excluding hydrogens is 212 g/mol. The zero-order valence-electron chi connectivity index (χ0n) is 9.03. The molecule has 15 heavy (non-hydrogen) atoms. The fraction of sp³-hybridized carbons (Fsp3) is 0.600. The molecule has 4 nitrogen and oxygen atoms in total. The quantitative estimate of drug-likeness (QED) is 0.595. The molecule has 1 rings (SSSR count). The topological polar surface area (TPSA) is 51.2 Å². The van der Waals surface area contributed by atoms with Gasteiger partial charge in [-0.2, -0.15) is 0 Å². The molecule has 0 aromatic carbocycles. The molecule has 1 heterocycles. The second kappa shape index (κ2) is 6.53. The smallest absolute Gasteiger partial charge is 0.305 e. The van der Waals surface area contributed by atoms with Crippen LogP contribution in [0.1, 0.15) is 30.8 Å². The average Bonchev–Trinajstić information content (AvgIpc) is 2.77. The maximum absolute atomic E-state index is 10.8. The normalized spacial score (nSPS) is 12.4. The lowest BCUT2D eigenvalue weighted by atomic mass is 10.3. The minimum atomic E-state index is -0.154. The van der Waals surface area contributed by atoms with E-state index < -0.39 is 0 Å². The van der Waals surface area contributed by atoms with Gasteiger partial charge in [0.25, 0.3) is 0 Å². The Kier molecular flexibility index (Phi) is 5.28. The van der Waals surface area contributed by atoms with Crippen molar-refractivity contribution < 1.29 is 9.53 Å². The van der Waals surface area contributed by atoms with Crippen molar-refractivity contribution in [3.05, 3.63) is 16.6 Å². The van der Waals surface area contributed by atoms with Gasteiger partial charge >= 0.3 is 5.97 Å². The van der Waals surface area contributed by atoms with Crippen LogP contribution in [0.4, 0.5) is 0 Å². The maximum Gasteiger partial charge on any atom is 0.305 e. The number of carbonyl (C=O) groups excluding carboxylic acids is 1. The summed E-state index contributed by atoms with van der Waals surface area (Å²) in [5, 5.41) is 6.34. The average molecular weight is 228 g/mol. The van der Waals surface area contributed by atoms with E-state index in [1.54, 1.807) is 17.5 Å². The molecule has 84 valence electrons. The van der Waals surface area contributed by atoms with Crippen LogP contribution in [0.3, 0.4) is 0 Å². The van der Waals surface area contributed by atoms with Gasteiger partial charge in [-0.3, -0.25) is 4.79 Å². The van der Waals surface area contributed by atoms with Crippen molar-refractivity contribution in [1.82, 2.24) is 10.3 Å². The number of hydrogen-bond acceptors (Lipinski definition) is 5. The number of ether oxygens (including phenoxy) is 1. The minimum absolute atomic E-state index is 0.154. The van der Waals surface area contributed by atoms with Crippen molar-refractivity contribution in [1.29, 1.82) is 0 Å². The van der Waals surface area contributed by atoms with Gasteiger partial charge in [0, 0.05) is 18.0 Å². The van der Waals surface area contributed by atoms with Gasteiger partial charge in [0.05, 0.1) is 13.2 Å². The third-order valence-electron chi connectivity index (χ3n) is 2.06. The summed E-state index contributed by atoms with van der Waals surface area (Å²) in [5.41, 5.74) is 0. The van der Waals surface area contributed by atoms with Crippen LogP contribution in [0.2, 0.25) is 0 Å². The van der Waals surface area contributed by atoms with E-state index in [2.05, 4.69) is 22.0 Å². The molecule has 0 aliphatic heterocycles. The van der Waals surface area contributed by atoms with Crippen molar-refractivity contribution >= 4 is 17.3 Å². The van der Waals surface area contributed by atoms with Crippen LogP contribution in [0, 0.1) is 0 Å². The Hall–Kier alpha value is -0.940. The van der Waals surface area contributed by atoms with E-state index >= 15 is 0 Å². The number of thiazole rings is 1. The van der Waals surface area contributed by atoms with E-state index in [0.717, 1.165) is 18.0 Å². The monoisotopic (exact) mass is 228 g/mol. The first-order valence-corrected chi connectivity index (χ1v) is 5.81. The Balaban J connectivity index is 2.13. The predicted octanol–water partition coefficient (Wildman–Crippen LogP) is 1.75. The second-order valence-corrected chi connectivity index (χ2v) is 4.15. The van der Waals surface area contributed by atoms with Gasteiger partial charge in [-0.1, -0.05) is 0 Å². The van der Waals surface area contributed by atoms with E-state index in [0.29, 0.717) is 6.42 Å². The highest BCUT2D eigenvalue weighted by Crippen LogP contribution is 2.14. The molecule has 0 bridgehead atoms. The van der Waals surface area contributed by atoms with Crippen LogP contribution in [-0.2, 0) is 9.53 Å². The summed E-state index contributed by atoms with van der Waals surface area (Å²) < 4.78 is 4.55. The molecule has 0 unspecified atom stereocenters. The maximum atomic E-state index is 10.8. The van der Waals surface area contributed by atoms with Gasteiger partial charge in [0.1, 0.15) is 5.01 Å². The van der Waals surface area contributed by atoms with Crippen LogP contribution in [0.15, 0.2) is 11.6 Å². The van der Waals surface area contributed by atoms with Crippen LogP contribution in [0.5, 0.6) is 0 Å². The van der Waals surface area contributed by atoms with Gasteiger partial charge < -0.3 is 10.1 Å². The standard InChI is InChI=1S/C10H16N2O2S/c1-8(10-12-6-7-15-10)11-5-3-4-9(13)14-2/h6-8,11H,3-5H2,1-2H3/t8-/m1/s1. The third kappa shape index (κ3) is 4.40. The van der Waals surface area contributed by atoms with Crippen LogP contribution < -0.4 is 5.32 Å². The van der Waals surface area contributed by atoms with E-state index in [-0.39, 0.29) is 12.0 Å². The Morgan fingerprint density at radius 2 is 2.53 bits per heavy atom. The second-order valence-electron chi connectivity index (χ2n) is 3.23. The molecule has 1 N–H and O–H groups in total. The number of rotatable bonds is 6. The summed E-state index contributed by atoms with van der Waals surface area (Å²) in [6.07, 6.45) is 3.06. The van der Waals surface area contributed by atoms with E-state index in [4.69, 9.17) is 0 Å². The zero-order chi connectivity index (χ0) is 11.1. The van der Waals surface area contributed by atoms with Gasteiger partial charge in [0.2, 0.25) is 0 Å². The van der Waals surface area contributed by atoms with Gasteiger partial charge in [-0.05, 0) is 19.9 Å². The van der Waals surface area contributed by atoms with Crippen molar-refractivity contribution in [3.8, 4) is 0 Å². The molecule has 0 fully saturated rings. The number of nitrogens with zero attached hydrogens (tertiary/aromatic N) is 1. The molecule has 0 amide bonds. The van der Waals surface area contributed by atoms with E-state index in [1.165, 1.54) is 7.11 Å². The molecule has 1 atom stereocenters. The van der Waals surface area contributed by atoms with Gasteiger partial charge in [-0.25, -0.2) is 4.98 Å². The SMILES string of the molecule is COC(=O)CCCN[C@H](C)c1nccs1. The van der Waals surface area contributed by atoms with Crippen LogP contribution >= 0.6 is 11.3 Å².